The molecule has 2 rings (SSSR count). The Hall–Kier alpha value is -1.62. The van der Waals surface area contributed by atoms with Crippen LogP contribution in [0.1, 0.15) is 32.1 Å². The van der Waals surface area contributed by atoms with E-state index in [1.54, 1.807) is 11.3 Å². The van der Waals surface area contributed by atoms with Crippen molar-refractivity contribution in [2.75, 3.05) is 11.9 Å². The van der Waals surface area contributed by atoms with Crippen LogP contribution in [0.25, 0.3) is 10.1 Å². The lowest BCUT2D eigenvalue weighted by molar-refractivity contribution is -0.137. The minimum atomic E-state index is -0.702. The van der Waals surface area contributed by atoms with Gasteiger partial charge < -0.3 is 10.4 Å². The Morgan fingerprint density at radius 1 is 1.26 bits per heavy atom. The van der Waals surface area contributed by atoms with Crippen LogP contribution in [0.5, 0.6) is 0 Å². The molecule has 0 fully saturated rings. The van der Waals surface area contributed by atoms with Crippen molar-refractivity contribution in [1.82, 2.24) is 4.98 Å². The molecule has 4 nitrogen and oxygen atoms in total. The lowest BCUT2D eigenvalue weighted by Gasteiger charge is -2.06. The Morgan fingerprint density at radius 2 is 2.11 bits per heavy atom. The van der Waals surface area contributed by atoms with Crippen LogP contribution in [0.15, 0.2) is 23.7 Å². The van der Waals surface area contributed by atoms with E-state index in [1.165, 1.54) is 10.1 Å². The van der Waals surface area contributed by atoms with Gasteiger partial charge in [0.05, 0.1) is 0 Å². The summed E-state index contributed by atoms with van der Waals surface area (Å²) in [6.07, 6.45) is 5.96. The van der Waals surface area contributed by atoms with E-state index in [0.717, 1.165) is 38.0 Å². The van der Waals surface area contributed by atoms with Crippen LogP contribution < -0.4 is 5.32 Å². The average Bonchev–Trinajstić information content (AvgIpc) is 2.86. The molecule has 0 unspecified atom stereocenters. The van der Waals surface area contributed by atoms with Gasteiger partial charge in [-0.3, -0.25) is 4.79 Å². The molecule has 2 heterocycles. The fraction of sp³-hybridized carbons (Fsp3) is 0.429. The molecule has 0 bridgehead atoms. The first-order chi connectivity index (χ1) is 9.27. The van der Waals surface area contributed by atoms with Crippen LogP contribution in [-0.2, 0) is 4.79 Å². The van der Waals surface area contributed by atoms with Crippen molar-refractivity contribution in [3.8, 4) is 0 Å². The number of nitrogens with one attached hydrogen (secondary N) is 1. The van der Waals surface area contributed by atoms with Crippen molar-refractivity contribution >= 4 is 33.2 Å². The molecule has 0 radical (unpaired) electrons. The fourth-order valence-electron chi connectivity index (χ4n) is 2.00. The van der Waals surface area contributed by atoms with E-state index in [0.29, 0.717) is 0 Å². The van der Waals surface area contributed by atoms with E-state index in [2.05, 4.69) is 21.7 Å². The molecule has 102 valence electrons. The predicted octanol–water partition coefficient (Wildman–Crippen LogP) is 3.74. The second-order valence-corrected chi connectivity index (χ2v) is 5.42. The van der Waals surface area contributed by atoms with Crippen LogP contribution in [0.2, 0.25) is 0 Å². The van der Waals surface area contributed by atoms with Gasteiger partial charge in [-0.1, -0.05) is 12.8 Å². The highest BCUT2D eigenvalue weighted by molar-refractivity contribution is 7.17. The van der Waals surface area contributed by atoms with E-state index in [9.17, 15) is 4.79 Å². The maximum Gasteiger partial charge on any atom is 0.303 e. The summed E-state index contributed by atoms with van der Waals surface area (Å²) in [6.45, 7) is 0.884. The number of hydrogen-bond donors (Lipinski definition) is 2. The molecule has 0 aliphatic rings. The number of anilines is 1. The first-order valence-corrected chi connectivity index (χ1v) is 7.43. The molecule has 0 aromatic carbocycles. The summed E-state index contributed by atoms with van der Waals surface area (Å²) in [6, 6.07) is 4.11. The molecule has 2 aromatic rings. The summed E-state index contributed by atoms with van der Waals surface area (Å²) in [7, 11) is 0. The molecular formula is C14H18N2O2S. The number of aliphatic carboxylic acids is 1. The molecule has 0 saturated heterocycles. The van der Waals surface area contributed by atoms with E-state index in [1.807, 2.05) is 12.3 Å². The molecule has 0 saturated carbocycles. The van der Waals surface area contributed by atoms with Crippen LogP contribution in [0.3, 0.4) is 0 Å². The maximum absolute atomic E-state index is 10.4. The number of aromatic nitrogens is 1. The van der Waals surface area contributed by atoms with E-state index in [4.69, 9.17) is 5.11 Å². The molecule has 0 amide bonds. The van der Waals surface area contributed by atoms with Crippen molar-refractivity contribution < 1.29 is 9.90 Å². The molecule has 19 heavy (non-hydrogen) atoms. The van der Waals surface area contributed by atoms with Crippen molar-refractivity contribution in [2.24, 2.45) is 0 Å². The van der Waals surface area contributed by atoms with Crippen molar-refractivity contribution in [3.05, 3.63) is 23.7 Å². The molecule has 0 atom stereocenters. The Morgan fingerprint density at radius 3 is 2.95 bits per heavy atom. The van der Waals surface area contributed by atoms with Crippen molar-refractivity contribution in [1.29, 1.82) is 0 Å². The zero-order valence-corrected chi connectivity index (χ0v) is 11.6. The van der Waals surface area contributed by atoms with Gasteiger partial charge in [0.2, 0.25) is 0 Å². The number of carboxylic acid groups (broad SMARTS) is 1. The summed E-state index contributed by atoms with van der Waals surface area (Å²) in [4.78, 5) is 14.7. The average molecular weight is 278 g/mol. The summed E-state index contributed by atoms with van der Waals surface area (Å²) in [5.74, 6) is 0.246. The first-order valence-electron chi connectivity index (χ1n) is 6.55. The van der Waals surface area contributed by atoms with Crippen LogP contribution in [0.4, 0.5) is 5.82 Å². The Labute approximate surface area is 116 Å². The van der Waals surface area contributed by atoms with E-state index >= 15 is 0 Å². The normalized spacial score (nSPS) is 10.7. The number of fused-ring (bicyclic) bond motifs is 1. The van der Waals surface area contributed by atoms with Crippen molar-refractivity contribution in [2.45, 2.75) is 32.1 Å². The standard InChI is InChI=1S/C14H18N2O2S/c17-13(18)5-3-1-2-4-8-15-14-11-7-10-19-12(11)6-9-16-14/h6-7,9-10H,1-5,8H2,(H,15,16)(H,17,18). The smallest absolute Gasteiger partial charge is 0.303 e. The van der Waals surface area contributed by atoms with E-state index in [-0.39, 0.29) is 6.42 Å². The number of carboxylic acids is 1. The maximum atomic E-state index is 10.4. The van der Waals surface area contributed by atoms with Crippen LogP contribution in [-0.4, -0.2) is 22.6 Å². The lowest BCUT2D eigenvalue weighted by atomic mass is 10.1. The number of hydrogen-bond acceptors (Lipinski definition) is 4. The second-order valence-electron chi connectivity index (χ2n) is 4.48. The van der Waals surface area contributed by atoms with E-state index < -0.39 is 5.97 Å². The first kappa shape index (κ1) is 13.8. The zero-order chi connectivity index (χ0) is 13.5. The number of unbranched alkanes of at least 4 members (excludes halogenated alkanes) is 3. The SMILES string of the molecule is O=C(O)CCCCCCNc1nccc2sccc12. The third-order valence-corrected chi connectivity index (χ3v) is 3.87. The van der Waals surface area contributed by atoms with Gasteiger partial charge in [-0.25, -0.2) is 4.98 Å². The van der Waals surface area contributed by atoms with Gasteiger partial charge >= 0.3 is 5.97 Å². The summed E-state index contributed by atoms with van der Waals surface area (Å²) in [5.41, 5.74) is 0. The van der Waals surface area contributed by atoms with Gasteiger partial charge in [-0.2, -0.15) is 0 Å². The topological polar surface area (TPSA) is 62.2 Å². The molecule has 2 N–H and O–H groups in total. The Kier molecular flexibility index (Phi) is 5.15. The van der Waals surface area contributed by atoms with Gasteiger partial charge in [-0.15, -0.1) is 11.3 Å². The monoisotopic (exact) mass is 278 g/mol. The summed E-state index contributed by atoms with van der Waals surface area (Å²) in [5, 5.41) is 15.1. The predicted molar refractivity (Wildman–Crippen MR) is 78.8 cm³/mol. The number of carbonyl (C=O) groups is 1. The Balaban J connectivity index is 1.68. The van der Waals surface area contributed by atoms with Gasteiger partial charge in [0.15, 0.2) is 0 Å². The van der Waals surface area contributed by atoms with Crippen LogP contribution >= 0.6 is 11.3 Å². The Bertz CT molecular complexity index is 539. The summed E-state index contributed by atoms with van der Waals surface area (Å²) < 4.78 is 1.25. The van der Waals surface area contributed by atoms with Gasteiger partial charge in [-0.05, 0) is 30.4 Å². The highest BCUT2D eigenvalue weighted by Gasteiger charge is 2.02. The molecule has 5 heteroatoms. The largest absolute Gasteiger partial charge is 0.481 e. The van der Waals surface area contributed by atoms with Gasteiger partial charge in [0, 0.05) is 29.2 Å². The quantitative estimate of drug-likeness (QED) is 0.722. The van der Waals surface area contributed by atoms with Crippen LogP contribution in [0, 0.1) is 0 Å². The minimum absolute atomic E-state index is 0.281. The second kappa shape index (κ2) is 7.09. The molecule has 2 aromatic heterocycles. The van der Waals surface area contributed by atoms with Gasteiger partial charge in [0.1, 0.15) is 5.82 Å². The lowest BCUT2D eigenvalue weighted by Crippen LogP contribution is -2.03. The zero-order valence-electron chi connectivity index (χ0n) is 10.8. The summed E-state index contributed by atoms with van der Waals surface area (Å²) >= 11 is 1.72. The number of nitrogens with zero attached hydrogens (tertiary/aromatic N) is 1. The number of thiophene rings is 1. The third kappa shape index (κ3) is 4.21. The molecule has 0 aliphatic heterocycles. The minimum Gasteiger partial charge on any atom is -0.481 e. The molecular weight excluding hydrogens is 260 g/mol. The molecule has 0 spiro atoms. The molecule has 0 aliphatic carbocycles. The highest BCUT2D eigenvalue weighted by Crippen LogP contribution is 2.25. The van der Waals surface area contributed by atoms with Crippen molar-refractivity contribution in [3.63, 3.8) is 0 Å². The van der Waals surface area contributed by atoms with Gasteiger partial charge in [0.25, 0.3) is 0 Å². The highest BCUT2D eigenvalue weighted by atomic mass is 32.1. The fourth-order valence-corrected chi connectivity index (χ4v) is 2.78. The number of pyridine rings is 1. The third-order valence-electron chi connectivity index (χ3n) is 2.99. The number of rotatable bonds is 8.